The van der Waals surface area contributed by atoms with Crippen LogP contribution in [0.2, 0.25) is 0 Å². The Morgan fingerprint density at radius 3 is 3.25 bits per heavy atom. The predicted molar refractivity (Wildman–Crippen MR) is 48.1 cm³/mol. The van der Waals surface area contributed by atoms with Crippen LogP contribution in [0.5, 0.6) is 0 Å². The highest BCUT2D eigenvalue weighted by atomic mass is 15.0. The van der Waals surface area contributed by atoms with Crippen molar-refractivity contribution in [2.24, 2.45) is 7.05 Å². The molecule has 0 saturated carbocycles. The van der Waals surface area contributed by atoms with E-state index in [1.54, 1.807) is 0 Å². The first-order valence-corrected chi connectivity index (χ1v) is 4.47. The van der Waals surface area contributed by atoms with Crippen LogP contribution in [0.15, 0.2) is 6.33 Å². The average molecular weight is 165 g/mol. The molecule has 1 aromatic heterocycles. The fraction of sp³-hybridized carbons (Fsp3) is 0.667. The van der Waals surface area contributed by atoms with Gasteiger partial charge in [0.1, 0.15) is 0 Å². The number of aryl methyl sites for hydroxylation is 1. The molecule has 0 fully saturated rings. The van der Waals surface area contributed by atoms with Crippen molar-refractivity contribution in [2.75, 3.05) is 7.05 Å². The van der Waals surface area contributed by atoms with E-state index in [0.29, 0.717) is 6.04 Å². The summed E-state index contributed by atoms with van der Waals surface area (Å²) in [5, 5.41) is 3.30. The van der Waals surface area contributed by atoms with Crippen molar-refractivity contribution in [1.82, 2.24) is 14.9 Å². The highest BCUT2D eigenvalue weighted by Crippen LogP contribution is 2.18. The first-order valence-electron chi connectivity index (χ1n) is 4.47. The lowest BCUT2D eigenvalue weighted by Crippen LogP contribution is -2.31. The van der Waals surface area contributed by atoms with Gasteiger partial charge in [-0.1, -0.05) is 0 Å². The molecule has 1 aliphatic carbocycles. The van der Waals surface area contributed by atoms with Crippen LogP contribution in [0.25, 0.3) is 0 Å². The molecule has 1 atom stereocenters. The number of nitrogens with one attached hydrogen (secondary N) is 1. The van der Waals surface area contributed by atoms with E-state index in [1.807, 2.05) is 13.4 Å². The van der Waals surface area contributed by atoms with Crippen LogP contribution >= 0.6 is 0 Å². The molecule has 0 bridgehead atoms. The number of aromatic nitrogens is 2. The van der Waals surface area contributed by atoms with E-state index in [0.717, 1.165) is 12.8 Å². The van der Waals surface area contributed by atoms with Gasteiger partial charge < -0.3 is 9.88 Å². The van der Waals surface area contributed by atoms with Crippen LogP contribution in [0.1, 0.15) is 17.8 Å². The van der Waals surface area contributed by atoms with E-state index in [9.17, 15) is 0 Å². The summed E-state index contributed by atoms with van der Waals surface area (Å²) >= 11 is 0. The van der Waals surface area contributed by atoms with Gasteiger partial charge in [0.2, 0.25) is 0 Å². The molecule has 0 amide bonds. The minimum Gasteiger partial charge on any atom is -0.337 e. The van der Waals surface area contributed by atoms with E-state index in [2.05, 4.69) is 21.9 Å². The quantitative estimate of drug-likeness (QED) is 0.656. The molecule has 0 spiro atoms. The van der Waals surface area contributed by atoms with Crippen molar-refractivity contribution in [2.45, 2.75) is 25.3 Å². The molecule has 0 aromatic carbocycles. The molecule has 1 aromatic rings. The zero-order valence-electron chi connectivity index (χ0n) is 7.67. The Balaban J connectivity index is 2.24. The fourth-order valence-electron chi connectivity index (χ4n) is 1.89. The molecule has 3 nitrogen and oxygen atoms in total. The van der Waals surface area contributed by atoms with Crippen molar-refractivity contribution >= 4 is 0 Å². The summed E-state index contributed by atoms with van der Waals surface area (Å²) in [6.07, 6.45) is 5.41. The second kappa shape index (κ2) is 2.90. The second-order valence-electron chi connectivity index (χ2n) is 3.48. The van der Waals surface area contributed by atoms with Crippen molar-refractivity contribution in [1.29, 1.82) is 0 Å². The van der Waals surface area contributed by atoms with Crippen LogP contribution in [-0.4, -0.2) is 22.6 Å². The van der Waals surface area contributed by atoms with Crippen molar-refractivity contribution < 1.29 is 0 Å². The summed E-state index contributed by atoms with van der Waals surface area (Å²) in [7, 11) is 4.10. The lowest BCUT2D eigenvalue weighted by Gasteiger charge is -2.21. The number of likely N-dealkylation sites (N-methyl/N-ethyl adjacent to an activating group) is 1. The lowest BCUT2D eigenvalue weighted by molar-refractivity contribution is 0.483. The summed E-state index contributed by atoms with van der Waals surface area (Å²) in [4.78, 5) is 4.38. The Morgan fingerprint density at radius 1 is 1.67 bits per heavy atom. The lowest BCUT2D eigenvalue weighted by atomic mass is 9.96. The summed E-state index contributed by atoms with van der Waals surface area (Å²) in [6.45, 7) is 0. The molecule has 66 valence electrons. The zero-order chi connectivity index (χ0) is 8.55. The van der Waals surface area contributed by atoms with Gasteiger partial charge in [-0.05, 0) is 19.9 Å². The molecule has 0 aliphatic heterocycles. The molecule has 2 rings (SSSR count). The first-order chi connectivity index (χ1) is 5.81. The number of imidazole rings is 1. The average Bonchev–Trinajstić information content (AvgIpc) is 2.47. The largest absolute Gasteiger partial charge is 0.337 e. The fourth-order valence-corrected chi connectivity index (χ4v) is 1.89. The van der Waals surface area contributed by atoms with E-state index >= 15 is 0 Å². The van der Waals surface area contributed by atoms with E-state index in [4.69, 9.17) is 0 Å². The minimum atomic E-state index is 0.632. The van der Waals surface area contributed by atoms with Gasteiger partial charge in [0.05, 0.1) is 12.0 Å². The third kappa shape index (κ3) is 1.14. The van der Waals surface area contributed by atoms with Gasteiger partial charge in [0, 0.05) is 25.2 Å². The molecule has 0 radical (unpaired) electrons. The summed E-state index contributed by atoms with van der Waals surface area (Å²) in [5.41, 5.74) is 2.70. The Kier molecular flexibility index (Phi) is 1.89. The Bertz CT molecular complexity index is 277. The molecule has 3 heteroatoms. The third-order valence-corrected chi connectivity index (χ3v) is 2.72. The number of rotatable bonds is 1. The molecule has 1 N–H and O–H groups in total. The van der Waals surface area contributed by atoms with Gasteiger partial charge in [0.15, 0.2) is 0 Å². The Labute approximate surface area is 72.8 Å². The van der Waals surface area contributed by atoms with Gasteiger partial charge >= 0.3 is 0 Å². The van der Waals surface area contributed by atoms with Gasteiger partial charge in [-0.15, -0.1) is 0 Å². The second-order valence-corrected chi connectivity index (χ2v) is 3.48. The van der Waals surface area contributed by atoms with Gasteiger partial charge in [0.25, 0.3) is 0 Å². The molecule has 1 heterocycles. The normalized spacial score (nSPS) is 22.3. The van der Waals surface area contributed by atoms with Crippen molar-refractivity contribution in [3.8, 4) is 0 Å². The van der Waals surface area contributed by atoms with Crippen LogP contribution in [-0.2, 0) is 19.9 Å². The van der Waals surface area contributed by atoms with E-state index in [-0.39, 0.29) is 0 Å². The topological polar surface area (TPSA) is 29.9 Å². The molecule has 1 aliphatic rings. The summed E-state index contributed by atoms with van der Waals surface area (Å²) in [5.74, 6) is 0. The Hall–Kier alpha value is -0.830. The SMILES string of the molecule is CNC1CCc2c(ncn2C)C1. The standard InChI is InChI=1S/C9H15N3/c1-10-7-3-4-9-8(5-7)11-6-12(9)2/h6-7,10H,3-5H2,1-2H3. The molecular weight excluding hydrogens is 150 g/mol. The van der Waals surface area contributed by atoms with Gasteiger partial charge in [-0.2, -0.15) is 0 Å². The maximum absolute atomic E-state index is 4.38. The predicted octanol–water partition coefficient (Wildman–Crippen LogP) is 0.497. The molecule has 1 unspecified atom stereocenters. The molecular formula is C9H15N3. The third-order valence-electron chi connectivity index (χ3n) is 2.72. The smallest absolute Gasteiger partial charge is 0.0949 e. The number of fused-ring (bicyclic) bond motifs is 1. The zero-order valence-corrected chi connectivity index (χ0v) is 7.67. The maximum atomic E-state index is 4.38. The minimum absolute atomic E-state index is 0.632. The summed E-state index contributed by atoms with van der Waals surface area (Å²) < 4.78 is 2.14. The van der Waals surface area contributed by atoms with E-state index in [1.165, 1.54) is 17.8 Å². The first kappa shape index (κ1) is 7.80. The van der Waals surface area contributed by atoms with Gasteiger partial charge in [-0.3, -0.25) is 0 Å². The maximum Gasteiger partial charge on any atom is 0.0949 e. The van der Waals surface area contributed by atoms with Crippen LogP contribution in [0.4, 0.5) is 0 Å². The summed E-state index contributed by atoms with van der Waals surface area (Å²) in [6, 6.07) is 0.632. The van der Waals surface area contributed by atoms with Crippen LogP contribution in [0.3, 0.4) is 0 Å². The highest BCUT2D eigenvalue weighted by molar-refractivity contribution is 5.18. The highest BCUT2D eigenvalue weighted by Gasteiger charge is 2.20. The van der Waals surface area contributed by atoms with Crippen LogP contribution < -0.4 is 5.32 Å². The number of hydrogen-bond donors (Lipinski definition) is 1. The number of hydrogen-bond acceptors (Lipinski definition) is 2. The van der Waals surface area contributed by atoms with Crippen molar-refractivity contribution in [3.05, 3.63) is 17.7 Å². The van der Waals surface area contributed by atoms with E-state index < -0.39 is 0 Å². The Morgan fingerprint density at radius 2 is 2.50 bits per heavy atom. The van der Waals surface area contributed by atoms with Crippen LogP contribution in [0, 0.1) is 0 Å². The van der Waals surface area contributed by atoms with Crippen molar-refractivity contribution in [3.63, 3.8) is 0 Å². The molecule has 12 heavy (non-hydrogen) atoms. The number of nitrogens with zero attached hydrogens (tertiary/aromatic N) is 2. The van der Waals surface area contributed by atoms with Gasteiger partial charge in [-0.25, -0.2) is 4.98 Å². The molecule has 0 saturated heterocycles. The monoisotopic (exact) mass is 165 g/mol.